The van der Waals surface area contributed by atoms with E-state index in [0.29, 0.717) is 30.9 Å². The van der Waals surface area contributed by atoms with Gasteiger partial charge < -0.3 is 15.0 Å². The molecule has 5 nitrogen and oxygen atoms in total. The van der Waals surface area contributed by atoms with Gasteiger partial charge in [-0.2, -0.15) is 0 Å². The molecule has 0 spiro atoms. The maximum Gasteiger partial charge on any atom is 0.222 e. The van der Waals surface area contributed by atoms with E-state index >= 15 is 0 Å². The van der Waals surface area contributed by atoms with E-state index in [0.717, 1.165) is 31.7 Å². The average Bonchev–Trinajstić information content (AvgIpc) is 2.61. The predicted molar refractivity (Wildman–Crippen MR) is 89.8 cm³/mol. The number of nitrogens with one attached hydrogen (secondary N) is 1. The van der Waals surface area contributed by atoms with Crippen molar-refractivity contribution in [3.05, 3.63) is 29.8 Å². The van der Waals surface area contributed by atoms with Crippen molar-refractivity contribution >= 4 is 11.7 Å². The van der Waals surface area contributed by atoms with Gasteiger partial charge in [0.1, 0.15) is 5.75 Å². The number of amides is 1. The van der Waals surface area contributed by atoms with Crippen LogP contribution in [0.4, 0.5) is 0 Å². The van der Waals surface area contributed by atoms with Gasteiger partial charge in [-0.05, 0) is 50.6 Å². The summed E-state index contributed by atoms with van der Waals surface area (Å²) in [7, 11) is 3.54. The molecule has 1 aliphatic rings. The number of rotatable bonds is 7. The highest BCUT2D eigenvalue weighted by Gasteiger charge is 2.22. The van der Waals surface area contributed by atoms with E-state index in [1.807, 2.05) is 11.9 Å². The SMILES string of the molecule is CNC1CCCN(C(=O)CCCC(=O)c2ccc(OC)cc2)C1. The van der Waals surface area contributed by atoms with Crippen LogP contribution < -0.4 is 10.1 Å². The molecule has 1 amide bonds. The van der Waals surface area contributed by atoms with E-state index in [1.165, 1.54) is 0 Å². The van der Waals surface area contributed by atoms with Gasteiger partial charge in [0.05, 0.1) is 7.11 Å². The lowest BCUT2D eigenvalue weighted by molar-refractivity contribution is -0.132. The summed E-state index contributed by atoms with van der Waals surface area (Å²) in [5.74, 6) is 0.973. The number of carbonyl (C=O) groups is 2. The molecule has 2 rings (SSSR count). The highest BCUT2D eigenvalue weighted by molar-refractivity contribution is 5.96. The number of carbonyl (C=O) groups excluding carboxylic acids is 2. The highest BCUT2D eigenvalue weighted by Crippen LogP contribution is 2.15. The van der Waals surface area contributed by atoms with Gasteiger partial charge in [0.15, 0.2) is 5.78 Å². The Balaban J connectivity index is 1.75. The molecule has 1 fully saturated rings. The van der Waals surface area contributed by atoms with E-state index in [9.17, 15) is 9.59 Å². The van der Waals surface area contributed by atoms with Crippen LogP contribution in [-0.2, 0) is 4.79 Å². The van der Waals surface area contributed by atoms with Gasteiger partial charge in [-0.1, -0.05) is 0 Å². The van der Waals surface area contributed by atoms with Crippen LogP contribution >= 0.6 is 0 Å². The van der Waals surface area contributed by atoms with Gasteiger partial charge in [-0.25, -0.2) is 0 Å². The third kappa shape index (κ3) is 5.06. The van der Waals surface area contributed by atoms with E-state index in [4.69, 9.17) is 4.74 Å². The van der Waals surface area contributed by atoms with Crippen LogP contribution in [-0.4, -0.2) is 49.9 Å². The number of likely N-dealkylation sites (tertiary alicyclic amines) is 1. The molecule has 0 saturated carbocycles. The molecular formula is C18H26N2O3. The lowest BCUT2D eigenvalue weighted by Gasteiger charge is -2.32. The summed E-state index contributed by atoms with van der Waals surface area (Å²) in [5, 5.41) is 3.24. The Morgan fingerprint density at radius 1 is 1.26 bits per heavy atom. The van der Waals surface area contributed by atoms with Gasteiger partial charge in [-0.3, -0.25) is 9.59 Å². The van der Waals surface area contributed by atoms with Crippen LogP contribution in [0.5, 0.6) is 5.75 Å². The summed E-state index contributed by atoms with van der Waals surface area (Å²) in [5.41, 5.74) is 0.673. The maximum atomic E-state index is 12.2. The number of ether oxygens (including phenoxy) is 1. The second kappa shape index (κ2) is 8.67. The minimum atomic E-state index is 0.0761. The number of likely N-dealkylation sites (N-methyl/N-ethyl adjacent to an activating group) is 1. The lowest BCUT2D eigenvalue weighted by atomic mass is 10.0. The number of Topliss-reactive ketones (excluding diaryl/α,β-unsaturated/α-hetero) is 1. The summed E-state index contributed by atoms with van der Waals surface area (Å²) in [4.78, 5) is 26.3. The molecule has 0 bridgehead atoms. The molecule has 23 heavy (non-hydrogen) atoms. The molecule has 1 aromatic rings. The number of hydrogen-bond donors (Lipinski definition) is 1. The van der Waals surface area contributed by atoms with Crippen molar-refractivity contribution < 1.29 is 14.3 Å². The first-order chi connectivity index (χ1) is 11.1. The van der Waals surface area contributed by atoms with Crippen molar-refractivity contribution in [2.75, 3.05) is 27.2 Å². The Hall–Kier alpha value is -1.88. The fraction of sp³-hybridized carbons (Fsp3) is 0.556. The quantitative estimate of drug-likeness (QED) is 0.784. The molecule has 0 aliphatic carbocycles. The largest absolute Gasteiger partial charge is 0.497 e. The third-order valence-electron chi connectivity index (χ3n) is 4.39. The Labute approximate surface area is 138 Å². The molecule has 1 atom stereocenters. The Bertz CT molecular complexity index is 528. The van der Waals surface area contributed by atoms with E-state index in [-0.39, 0.29) is 11.7 Å². The van der Waals surface area contributed by atoms with Crippen LogP contribution in [0.2, 0.25) is 0 Å². The van der Waals surface area contributed by atoms with Gasteiger partial charge in [-0.15, -0.1) is 0 Å². The van der Waals surface area contributed by atoms with Gasteiger partial charge in [0.2, 0.25) is 5.91 Å². The molecule has 1 saturated heterocycles. The van der Waals surface area contributed by atoms with E-state index in [1.54, 1.807) is 31.4 Å². The first kappa shape index (κ1) is 17.5. The van der Waals surface area contributed by atoms with Crippen molar-refractivity contribution in [1.82, 2.24) is 10.2 Å². The van der Waals surface area contributed by atoms with Crippen LogP contribution in [0.15, 0.2) is 24.3 Å². The number of piperidine rings is 1. The number of nitrogens with zero attached hydrogens (tertiary/aromatic N) is 1. The predicted octanol–water partition coefficient (Wildman–Crippen LogP) is 2.26. The first-order valence-corrected chi connectivity index (χ1v) is 8.26. The van der Waals surface area contributed by atoms with Gasteiger partial charge in [0.25, 0.3) is 0 Å². The van der Waals surface area contributed by atoms with Crippen molar-refractivity contribution in [2.45, 2.75) is 38.1 Å². The van der Waals surface area contributed by atoms with Gasteiger partial charge in [0, 0.05) is 37.5 Å². The minimum absolute atomic E-state index is 0.0761. The zero-order chi connectivity index (χ0) is 16.7. The zero-order valence-corrected chi connectivity index (χ0v) is 14.0. The normalized spacial score (nSPS) is 17.8. The molecule has 1 heterocycles. The lowest BCUT2D eigenvalue weighted by Crippen LogP contribution is -2.46. The number of methoxy groups -OCH3 is 1. The molecular weight excluding hydrogens is 292 g/mol. The molecule has 126 valence electrons. The average molecular weight is 318 g/mol. The maximum absolute atomic E-state index is 12.2. The summed E-state index contributed by atoms with van der Waals surface area (Å²) < 4.78 is 5.08. The Morgan fingerprint density at radius 3 is 2.65 bits per heavy atom. The number of ketones is 1. The van der Waals surface area contributed by atoms with Crippen LogP contribution in [0.1, 0.15) is 42.5 Å². The first-order valence-electron chi connectivity index (χ1n) is 8.26. The number of benzene rings is 1. The van der Waals surface area contributed by atoms with Crippen molar-refractivity contribution in [2.24, 2.45) is 0 Å². The summed E-state index contributed by atoms with van der Waals surface area (Å²) in [6.07, 6.45) is 3.61. The summed E-state index contributed by atoms with van der Waals surface area (Å²) in [6.45, 7) is 1.62. The van der Waals surface area contributed by atoms with Crippen LogP contribution in [0.3, 0.4) is 0 Å². The van der Waals surface area contributed by atoms with Crippen molar-refractivity contribution in [3.8, 4) is 5.75 Å². The fourth-order valence-corrected chi connectivity index (χ4v) is 2.92. The van der Waals surface area contributed by atoms with Crippen LogP contribution in [0, 0.1) is 0 Å². The number of hydrogen-bond acceptors (Lipinski definition) is 4. The summed E-state index contributed by atoms with van der Waals surface area (Å²) >= 11 is 0. The molecule has 1 aliphatic heterocycles. The standard InChI is InChI=1S/C18H26N2O3/c1-19-15-5-4-12-20(13-15)18(22)7-3-6-17(21)14-8-10-16(23-2)11-9-14/h8-11,15,19H,3-7,12-13H2,1-2H3. The third-order valence-corrected chi connectivity index (χ3v) is 4.39. The second-order valence-electron chi connectivity index (χ2n) is 5.97. The fourth-order valence-electron chi connectivity index (χ4n) is 2.92. The zero-order valence-electron chi connectivity index (χ0n) is 14.0. The molecule has 0 aromatic heterocycles. The second-order valence-corrected chi connectivity index (χ2v) is 5.97. The van der Waals surface area contributed by atoms with Crippen molar-refractivity contribution in [3.63, 3.8) is 0 Å². The molecule has 0 radical (unpaired) electrons. The molecule has 1 N–H and O–H groups in total. The Morgan fingerprint density at radius 2 is 2.00 bits per heavy atom. The highest BCUT2D eigenvalue weighted by atomic mass is 16.5. The molecule has 1 unspecified atom stereocenters. The van der Waals surface area contributed by atoms with Gasteiger partial charge >= 0.3 is 0 Å². The molecule has 5 heteroatoms. The monoisotopic (exact) mass is 318 g/mol. The summed E-state index contributed by atoms with van der Waals surface area (Å²) in [6, 6.07) is 7.50. The minimum Gasteiger partial charge on any atom is -0.497 e. The van der Waals surface area contributed by atoms with Crippen LogP contribution in [0.25, 0.3) is 0 Å². The topological polar surface area (TPSA) is 58.6 Å². The van der Waals surface area contributed by atoms with Crippen molar-refractivity contribution in [1.29, 1.82) is 0 Å². The molecule has 1 aromatic carbocycles. The van der Waals surface area contributed by atoms with E-state index in [2.05, 4.69) is 5.32 Å². The Kier molecular flexibility index (Phi) is 6.59. The smallest absolute Gasteiger partial charge is 0.222 e. The van der Waals surface area contributed by atoms with E-state index < -0.39 is 0 Å².